The number of alkyl halides is 2. The molecule has 1 aliphatic rings. The van der Waals surface area contributed by atoms with E-state index in [0.717, 1.165) is 19.5 Å². The highest BCUT2D eigenvalue weighted by atomic mass is 35.5. The number of aliphatic hydroxyl groups excluding tert-OH is 1. The first-order valence-electron chi connectivity index (χ1n) is 4.94. The van der Waals surface area contributed by atoms with Gasteiger partial charge in [-0.05, 0) is 31.2 Å². The van der Waals surface area contributed by atoms with Gasteiger partial charge in [-0.15, -0.1) is 42.2 Å². The summed E-state index contributed by atoms with van der Waals surface area (Å²) in [6.07, 6.45) is 3.04. The van der Waals surface area contributed by atoms with Crippen LogP contribution < -0.4 is 5.32 Å². The van der Waals surface area contributed by atoms with E-state index in [0.29, 0.717) is 18.3 Å². The summed E-state index contributed by atoms with van der Waals surface area (Å²) in [5.74, 6) is 0.870. The van der Waals surface area contributed by atoms with Crippen molar-refractivity contribution in [1.82, 2.24) is 5.32 Å². The number of rotatable bonds is 4. The lowest BCUT2D eigenvalue weighted by Gasteiger charge is -2.31. The summed E-state index contributed by atoms with van der Waals surface area (Å²) in [6.45, 7) is 5.74. The lowest BCUT2D eigenvalue weighted by Crippen LogP contribution is -2.37. The van der Waals surface area contributed by atoms with Crippen molar-refractivity contribution in [3.63, 3.8) is 0 Å². The van der Waals surface area contributed by atoms with Gasteiger partial charge >= 0.3 is 0 Å². The molecule has 0 saturated carbocycles. The number of halogens is 3. The SMILES string of the molecule is C=C[C@H]1CNCC[C@H]1CC(O)C(Cl)Cl.Cl. The van der Waals surface area contributed by atoms with Crippen LogP contribution in [-0.4, -0.2) is 29.1 Å². The second-order valence-electron chi connectivity index (χ2n) is 3.79. The molecule has 1 fully saturated rings. The molecule has 2 nitrogen and oxygen atoms in total. The highest BCUT2D eigenvalue weighted by Gasteiger charge is 2.26. The van der Waals surface area contributed by atoms with E-state index in [1.54, 1.807) is 0 Å². The molecule has 0 aromatic carbocycles. The van der Waals surface area contributed by atoms with Crippen molar-refractivity contribution in [3.8, 4) is 0 Å². The fourth-order valence-electron chi connectivity index (χ4n) is 1.92. The van der Waals surface area contributed by atoms with Crippen LogP contribution in [0.1, 0.15) is 12.8 Å². The van der Waals surface area contributed by atoms with Gasteiger partial charge in [-0.1, -0.05) is 6.08 Å². The summed E-state index contributed by atoms with van der Waals surface area (Å²) in [5.41, 5.74) is 0. The lowest BCUT2D eigenvalue weighted by molar-refractivity contribution is 0.130. The topological polar surface area (TPSA) is 32.3 Å². The summed E-state index contributed by atoms with van der Waals surface area (Å²) in [7, 11) is 0. The summed E-state index contributed by atoms with van der Waals surface area (Å²) in [5, 5.41) is 12.9. The molecule has 0 aliphatic carbocycles. The Balaban J connectivity index is 0.00000196. The fraction of sp³-hybridized carbons (Fsp3) is 0.800. The predicted molar refractivity (Wildman–Crippen MR) is 68.0 cm³/mol. The number of nitrogens with one attached hydrogen (secondary N) is 1. The second kappa shape index (κ2) is 7.75. The molecule has 3 atom stereocenters. The molecule has 0 aromatic rings. The van der Waals surface area contributed by atoms with Crippen molar-refractivity contribution in [2.24, 2.45) is 11.8 Å². The molecular formula is C10H18Cl3NO. The molecule has 5 heteroatoms. The Kier molecular flexibility index (Phi) is 8.02. The van der Waals surface area contributed by atoms with E-state index in [1.807, 2.05) is 6.08 Å². The minimum Gasteiger partial charge on any atom is -0.390 e. The van der Waals surface area contributed by atoms with Crippen molar-refractivity contribution in [2.45, 2.75) is 23.8 Å². The Hall–Kier alpha value is 0.530. The van der Waals surface area contributed by atoms with Gasteiger partial charge in [-0.3, -0.25) is 0 Å². The minimum atomic E-state index is -0.685. The number of piperidine rings is 1. The van der Waals surface area contributed by atoms with E-state index in [4.69, 9.17) is 23.2 Å². The highest BCUT2D eigenvalue weighted by molar-refractivity contribution is 6.44. The molecule has 0 spiro atoms. The van der Waals surface area contributed by atoms with E-state index >= 15 is 0 Å². The van der Waals surface area contributed by atoms with Gasteiger partial charge in [0.15, 0.2) is 0 Å². The van der Waals surface area contributed by atoms with Gasteiger partial charge in [0.1, 0.15) is 4.84 Å². The van der Waals surface area contributed by atoms with Crippen LogP contribution in [0, 0.1) is 11.8 Å². The average molecular weight is 275 g/mol. The first-order valence-corrected chi connectivity index (χ1v) is 5.82. The normalized spacial score (nSPS) is 28.3. The van der Waals surface area contributed by atoms with Crippen molar-refractivity contribution >= 4 is 35.6 Å². The van der Waals surface area contributed by atoms with Crippen LogP contribution in [0.3, 0.4) is 0 Å². The van der Waals surface area contributed by atoms with E-state index in [1.165, 1.54) is 0 Å². The van der Waals surface area contributed by atoms with Crippen molar-refractivity contribution in [1.29, 1.82) is 0 Å². The molecule has 15 heavy (non-hydrogen) atoms. The van der Waals surface area contributed by atoms with Crippen LogP contribution >= 0.6 is 35.6 Å². The van der Waals surface area contributed by atoms with E-state index in [-0.39, 0.29) is 12.4 Å². The van der Waals surface area contributed by atoms with Gasteiger partial charge in [-0.2, -0.15) is 0 Å². The van der Waals surface area contributed by atoms with E-state index in [2.05, 4.69) is 11.9 Å². The minimum absolute atomic E-state index is 0. The summed E-state index contributed by atoms with van der Waals surface area (Å²) in [4.78, 5) is -0.685. The van der Waals surface area contributed by atoms with Gasteiger partial charge in [0.05, 0.1) is 6.10 Å². The van der Waals surface area contributed by atoms with Gasteiger partial charge < -0.3 is 10.4 Å². The fourth-order valence-corrected chi connectivity index (χ4v) is 2.12. The van der Waals surface area contributed by atoms with E-state index < -0.39 is 10.9 Å². The maximum absolute atomic E-state index is 9.57. The number of hydrogen-bond donors (Lipinski definition) is 2. The summed E-state index contributed by atoms with van der Waals surface area (Å²) < 4.78 is 0. The predicted octanol–water partition coefficient (Wildman–Crippen LogP) is 2.37. The molecule has 0 bridgehead atoms. The third kappa shape index (κ3) is 4.92. The third-order valence-electron chi connectivity index (χ3n) is 2.82. The van der Waals surface area contributed by atoms with Crippen molar-refractivity contribution in [3.05, 3.63) is 12.7 Å². The van der Waals surface area contributed by atoms with Gasteiger partial charge in [0.25, 0.3) is 0 Å². The zero-order chi connectivity index (χ0) is 10.6. The molecule has 2 N–H and O–H groups in total. The van der Waals surface area contributed by atoms with Gasteiger partial charge in [0.2, 0.25) is 0 Å². The van der Waals surface area contributed by atoms with Crippen LogP contribution in [0.25, 0.3) is 0 Å². The average Bonchev–Trinajstić information content (AvgIpc) is 2.18. The molecule has 1 saturated heterocycles. The van der Waals surface area contributed by atoms with Crippen LogP contribution in [0.15, 0.2) is 12.7 Å². The Bertz CT molecular complexity index is 190. The van der Waals surface area contributed by atoms with Crippen molar-refractivity contribution < 1.29 is 5.11 Å². The second-order valence-corrected chi connectivity index (χ2v) is 4.95. The van der Waals surface area contributed by atoms with Gasteiger partial charge in [-0.25, -0.2) is 0 Å². The van der Waals surface area contributed by atoms with Crippen LogP contribution in [0.2, 0.25) is 0 Å². The molecule has 1 aliphatic heterocycles. The number of hydrogen-bond acceptors (Lipinski definition) is 2. The maximum Gasteiger partial charge on any atom is 0.133 e. The maximum atomic E-state index is 9.57. The monoisotopic (exact) mass is 273 g/mol. The molecule has 90 valence electrons. The van der Waals surface area contributed by atoms with Crippen LogP contribution in [0.4, 0.5) is 0 Å². The Morgan fingerprint density at radius 2 is 2.20 bits per heavy atom. The molecule has 1 heterocycles. The molecule has 0 aromatic heterocycles. The lowest BCUT2D eigenvalue weighted by atomic mass is 9.83. The Morgan fingerprint density at radius 1 is 1.53 bits per heavy atom. The van der Waals surface area contributed by atoms with E-state index in [9.17, 15) is 5.11 Å². The zero-order valence-electron chi connectivity index (χ0n) is 8.53. The van der Waals surface area contributed by atoms with Crippen LogP contribution in [0.5, 0.6) is 0 Å². The number of aliphatic hydroxyl groups is 1. The standard InChI is InChI=1S/C10H17Cl2NO.ClH/c1-2-7-6-13-4-3-8(7)5-9(14)10(11)12;/h2,7-10,13-14H,1,3-6H2;1H/t7-,8-,9?;/m0./s1. The van der Waals surface area contributed by atoms with Crippen molar-refractivity contribution in [2.75, 3.05) is 13.1 Å². The third-order valence-corrected chi connectivity index (χ3v) is 3.40. The zero-order valence-corrected chi connectivity index (χ0v) is 10.9. The molecule has 0 amide bonds. The largest absolute Gasteiger partial charge is 0.390 e. The Labute approximate surface area is 107 Å². The molecular weight excluding hydrogens is 256 g/mol. The Morgan fingerprint density at radius 3 is 2.73 bits per heavy atom. The first-order chi connectivity index (χ1) is 6.65. The highest BCUT2D eigenvalue weighted by Crippen LogP contribution is 2.27. The summed E-state index contributed by atoms with van der Waals surface area (Å²) in [6, 6.07) is 0. The molecule has 0 radical (unpaired) electrons. The smallest absolute Gasteiger partial charge is 0.133 e. The molecule has 1 unspecified atom stereocenters. The first kappa shape index (κ1) is 15.5. The van der Waals surface area contributed by atoms with Crippen LogP contribution in [-0.2, 0) is 0 Å². The van der Waals surface area contributed by atoms with Gasteiger partial charge in [0, 0.05) is 6.54 Å². The summed E-state index contributed by atoms with van der Waals surface area (Å²) >= 11 is 11.2. The molecule has 1 rings (SSSR count). The quantitative estimate of drug-likeness (QED) is 0.609.